The number of hydrogen-bond donors (Lipinski definition) is 1. The molecular formula is C26H27N5O. The first-order valence-electron chi connectivity index (χ1n) is 10.6. The third-order valence-electron chi connectivity index (χ3n) is 5.24. The molecule has 0 saturated carbocycles. The lowest BCUT2D eigenvalue weighted by Gasteiger charge is -2.11. The minimum atomic E-state index is -0.156. The van der Waals surface area contributed by atoms with E-state index < -0.39 is 0 Å². The van der Waals surface area contributed by atoms with E-state index in [2.05, 4.69) is 22.4 Å². The number of aromatic nitrogens is 3. The zero-order valence-corrected chi connectivity index (χ0v) is 18.6. The van der Waals surface area contributed by atoms with Gasteiger partial charge in [-0.25, -0.2) is 4.98 Å². The van der Waals surface area contributed by atoms with Crippen LogP contribution in [0, 0.1) is 6.92 Å². The molecule has 2 heterocycles. The van der Waals surface area contributed by atoms with Crippen molar-refractivity contribution in [3.8, 4) is 11.3 Å². The van der Waals surface area contributed by atoms with Crippen molar-refractivity contribution in [3.63, 3.8) is 0 Å². The number of amides is 1. The summed E-state index contributed by atoms with van der Waals surface area (Å²) in [6, 6.07) is 22.1. The molecule has 0 saturated heterocycles. The van der Waals surface area contributed by atoms with E-state index in [4.69, 9.17) is 5.10 Å². The van der Waals surface area contributed by atoms with Crippen LogP contribution in [0.2, 0.25) is 0 Å². The maximum absolute atomic E-state index is 13.1. The van der Waals surface area contributed by atoms with E-state index in [0.717, 1.165) is 28.1 Å². The molecule has 2 aromatic carbocycles. The Morgan fingerprint density at radius 1 is 0.969 bits per heavy atom. The topological polar surface area (TPSA) is 63.1 Å². The van der Waals surface area contributed by atoms with Crippen LogP contribution in [-0.2, 0) is 13.1 Å². The number of anilines is 1. The molecule has 0 bridgehead atoms. The number of nitrogens with one attached hydrogen (secondary N) is 1. The van der Waals surface area contributed by atoms with Gasteiger partial charge in [0.1, 0.15) is 11.5 Å². The number of pyridine rings is 1. The summed E-state index contributed by atoms with van der Waals surface area (Å²) in [6.45, 7) is 3.04. The standard InChI is InChI=1S/C26H27N5O/c1-19-9-12-22(13-10-19)25-23(18-31(29-25)17-20-7-5-4-6-8-20)26(32)28-16-21-11-14-24(27-15-21)30(2)3/h4-15,18H,16-17H2,1-3H3,(H,28,32). The van der Waals surface area contributed by atoms with E-state index in [1.54, 1.807) is 6.20 Å². The molecule has 0 aliphatic carbocycles. The van der Waals surface area contributed by atoms with Gasteiger partial charge < -0.3 is 10.2 Å². The van der Waals surface area contributed by atoms with Crippen LogP contribution in [0.5, 0.6) is 0 Å². The van der Waals surface area contributed by atoms with E-state index in [1.165, 1.54) is 0 Å². The van der Waals surface area contributed by atoms with Gasteiger partial charge in [0.25, 0.3) is 5.91 Å². The van der Waals surface area contributed by atoms with Gasteiger partial charge in [0.2, 0.25) is 0 Å². The number of aryl methyl sites for hydroxylation is 1. The van der Waals surface area contributed by atoms with Crippen LogP contribution in [0.1, 0.15) is 27.0 Å². The van der Waals surface area contributed by atoms with Gasteiger partial charge in [-0.2, -0.15) is 5.10 Å². The summed E-state index contributed by atoms with van der Waals surface area (Å²) in [7, 11) is 3.90. The Hall–Kier alpha value is -3.93. The van der Waals surface area contributed by atoms with Crippen LogP contribution in [0.25, 0.3) is 11.3 Å². The molecule has 0 aliphatic heterocycles. The average molecular weight is 426 g/mol. The molecular weight excluding hydrogens is 398 g/mol. The van der Waals surface area contributed by atoms with E-state index in [1.807, 2.05) is 91.4 Å². The molecule has 6 heteroatoms. The molecule has 1 amide bonds. The predicted octanol–water partition coefficient (Wildman–Crippen LogP) is 4.30. The van der Waals surface area contributed by atoms with Crippen molar-refractivity contribution in [1.82, 2.24) is 20.1 Å². The Morgan fingerprint density at radius 3 is 2.38 bits per heavy atom. The summed E-state index contributed by atoms with van der Waals surface area (Å²) in [4.78, 5) is 19.5. The zero-order chi connectivity index (χ0) is 22.5. The molecule has 0 spiro atoms. The second kappa shape index (κ2) is 9.47. The Kier molecular flexibility index (Phi) is 6.31. The highest BCUT2D eigenvalue weighted by atomic mass is 16.1. The molecule has 0 unspecified atom stereocenters. The largest absolute Gasteiger partial charge is 0.363 e. The van der Waals surface area contributed by atoms with Crippen molar-refractivity contribution in [2.24, 2.45) is 0 Å². The minimum absolute atomic E-state index is 0.156. The van der Waals surface area contributed by atoms with Crippen LogP contribution in [0.4, 0.5) is 5.82 Å². The van der Waals surface area contributed by atoms with E-state index in [-0.39, 0.29) is 5.91 Å². The first-order valence-corrected chi connectivity index (χ1v) is 10.6. The summed E-state index contributed by atoms with van der Waals surface area (Å²) < 4.78 is 1.83. The molecule has 0 radical (unpaired) electrons. The quantitative estimate of drug-likeness (QED) is 0.480. The fourth-order valence-corrected chi connectivity index (χ4v) is 3.43. The van der Waals surface area contributed by atoms with Crippen LogP contribution in [0.15, 0.2) is 79.1 Å². The zero-order valence-electron chi connectivity index (χ0n) is 18.6. The summed E-state index contributed by atoms with van der Waals surface area (Å²) in [5, 5.41) is 7.77. The van der Waals surface area contributed by atoms with E-state index in [0.29, 0.717) is 24.3 Å². The van der Waals surface area contributed by atoms with Crippen molar-refractivity contribution < 1.29 is 4.79 Å². The lowest BCUT2D eigenvalue weighted by atomic mass is 10.1. The number of rotatable bonds is 7. The SMILES string of the molecule is Cc1ccc(-c2nn(Cc3ccccc3)cc2C(=O)NCc2ccc(N(C)C)nc2)cc1. The molecule has 1 N–H and O–H groups in total. The summed E-state index contributed by atoms with van der Waals surface area (Å²) in [5.41, 5.74) is 5.39. The van der Waals surface area contributed by atoms with Crippen LogP contribution >= 0.6 is 0 Å². The predicted molar refractivity (Wildman–Crippen MR) is 128 cm³/mol. The van der Waals surface area contributed by atoms with Crippen molar-refractivity contribution in [2.45, 2.75) is 20.0 Å². The molecule has 0 fully saturated rings. The second-order valence-electron chi connectivity index (χ2n) is 8.04. The number of carbonyl (C=O) groups is 1. The fourth-order valence-electron chi connectivity index (χ4n) is 3.43. The molecule has 32 heavy (non-hydrogen) atoms. The lowest BCUT2D eigenvalue weighted by Crippen LogP contribution is -2.23. The highest BCUT2D eigenvalue weighted by Gasteiger charge is 2.18. The Balaban J connectivity index is 1.57. The minimum Gasteiger partial charge on any atom is -0.363 e. The maximum Gasteiger partial charge on any atom is 0.255 e. The van der Waals surface area contributed by atoms with Crippen molar-refractivity contribution in [3.05, 3.63) is 101 Å². The van der Waals surface area contributed by atoms with Gasteiger partial charge in [0.15, 0.2) is 0 Å². The van der Waals surface area contributed by atoms with Gasteiger partial charge in [0, 0.05) is 38.6 Å². The molecule has 6 nitrogen and oxygen atoms in total. The van der Waals surface area contributed by atoms with Gasteiger partial charge in [-0.1, -0.05) is 66.2 Å². The molecule has 0 atom stereocenters. The van der Waals surface area contributed by atoms with Crippen LogP contribution in [0.3, 0.4) is 0 Å². The first kappa shape index (κ1) is 21.3. The molecule has 4 aromatic rings. The number of benzene rings is 2. The second-order valence-corrected chi connectivity index (χ2v) is 8.04. The van der Waals surface area contributed by atoms with Crippen LogP contribution < -0.4 is 10.2 Å². The Morgan fingerprint density at radius 2 is 1.72 bits per heavy atom. The third kappa shape index (κ3) is 5.03. The summed E-state index contributed by atoms with van der Waals surface area (Å²) in [6.07, 6.45) is 3.61. The highest BCUT2D eigenvalue weighted by molar-refractivity contribution is 5.99. The van der Waals surface area contributed by atoms with E-state index >= 15 is 0 Å². The molecule has 2 aromatic heterocycles. The smallest absolute Gasteiger partial charge is 0.255 e. The molecule has 162 valence electrons. The molecule has 0 aliphatic rings. The monoisotopic (exact) mass is 425 g/mol. The highest BCUT2D eigenvalue weighted by Crippen LogP contribution is 2.23. The first-order chi connectivity index (χ1) is 15.5. The van der Waals surface area contributed by atoms with Gasteiger partial charge in [-0.3, -0.25) is 9.48 Å². The number of carbonyl (C=O) groups excluding carboxylic acids is 1. The van der Waals surface area contributed by atoms with Crippen molar-refractivity contribution in [2.75, 3.05) is 19.0 Å². The Bertz CT molecular complexity index is 1180. The summed E-state index contributed by atoms with van der Waals surface area (Å²) in [5.74, 6) is 0.723. The number of hydrogen-bond acceptors (Lipinski definition) is 4. The maximum atomic E-state index is 13.1. The van der Waals surface area contributed by atoms with Gasteiger partial charge in [-0.15, -0.1) is 0 Å². The number of nitrogens with zero attached hydrogens (tertiary/aromatic N) is 4. The van der Waals surface area contributed by atoms with Crippen molar-refractivity contribution >= 4 is 11.7 Å². The fraction of sp³-hybridized carbons (Fsp3) is 0.192. The van der Waals surface area contributed by atoms with Gasteiger partial charge >= 0.3 is 0 Å². The van der Waals surface area contributed by atoms with Gasteiger partial charge in [-0.05, 0) is 24.1 Å². The summed E-state index contributed by atoms with van der Waals surface area (Å²) >= 11 is 0. The van der Waals surface area contributed by atoms with Crippen LogP contribution in [-0.4, -0.2) is 34.8 Å². The average Bonchev–Trinajstić information content (AvgIpc) is 3.22. The van der Waals surface area contributed by atoms with Crippen molar-refractivity contribution in [1.29, 1.82) is 0 Å². The normalized spacial score (nSPS) is 10.7. The lowest BCUT2D eigenvalue weighted by molar-refractivity contribution is 0.0951. The van der Waals surface area contributed by atoms with Gasteiger partial charge in [0.05, 0.1) is 12.1 Å². The third-order valence-corrected chi connectivity index (χ3v) is 5.24. The molecule has 4 rings (SSSR count). The Labute approximate surface area is 188 Å². The van der Waals surface area contributed by atoms with E-state index in [9.17, 15) is 4.79 Å².